The number of aromatic nitrogens is 1. The van der Waals surface area contributed by atoms with Gasteiger partial charge >= 0.3 is 5.76 Å². The molecule has 7 nitrogen and oxygen atoms in total. The minimum Gasteiger partial charge on any atom is -0.408 e. The summed E-state index contributed by atoms with van der Waals surface area (Å²) < 4.78 is 11.8. The fraction of sp³-hybridized carbons (Fsp3) is 0.333. The van der Waals surface area contributed by atoms with E-state index in [0.29, 0.717) is 16.1 Å². The second kappa shape index (κ2) is 8.31. The third kappa shape index (κ3) is 4.31. The first-order chi connectivity index (χ1) is 14.0. The van der Waals surface area contributed by atoms with Gasteiger partial charge in [-0.25, -0.2) is 4.79 Å². The van der Waals surface area contributed by atoms with E-state index in [-0.39, 0.29) is 18.5 Å². The Labute approximate surface area is 172 Å². The molecule has 2 heterocycles. The number of anilines is 1. The monoisotopic (exact) mass is 415 g/mol. The van der Waals surface area contributed by atoms with Crippen LogP contribution in [-0.2, 0) is 16.1 Å². The number of morpholine rings is 1. The summed E-state index contributed by atoms with van der Waals surface area (Å²) in [6.07, 6.45) is 0. The van der Waals surface area contributed by atoms with Crippen molar-refractivity contribution in [3.05, 3.63) is 63.6 Å². The van der Waals surface area contributed by atoms with E-state index in [1.165, 1.54) is 4.57 Å². The minimum absolute atomic E-state index is 0.137. The van der Waals surface area contributed by atoms with Gasteiger partial charge < -0.3 is 19.4 Å². The van der Waals surface area contributed by atoms with E-state index >= 15 is 0 Å². The minimum atomic E-state index is -0.583. The largest absolute Gasteiger partial charge is 0.420 e. The van der Waals surface area contributed by atoms with Crippen molar-refractivity contribution in [1.29, 1.82) is 0 Å². The molecule has 1 aromatic heterocycles. The van der Waals surface area contributed by atoms with Crippen molar-refractivity contribution in [1.82, 2.24) is 9.88 Å². The van der Waals surface area contributed by atoms with Gasteiger partial charge in [-0.05, 0) is 42.8 Å². The van der Waals surface area contributed by atoms with Crippen LogP contribution in [0.3, 0.4) is 0 Å². The van der Waals surface area contributed by atoms with Gasteiger partial charge in [-0.15, -0.1) is 0 Å². The van der Waals surface area contributed by atoms with Gasteiger partial charge in [0.15, 0.2) is 5.58 Å². The molecular weight excluding hydrogens is 394 g/mol. The molecule has 1 fully saturated rings. The number of hydrogen-bond donors (Lipinski definition) is 1. The molecule has 0 radical (unpaired) electrons. The summed E-state index contributed by atoms with van der Waals surface area (Å²) in [6.45, 7) is 5.01. The number of nitrogens with one attached hydrogen (secondary N) is 1. The van der Waals surface area contributed by atoms with Crippen LogP contribution in [0, 0.1) is 0 Å². The van der Waals surface area contributed by atoms with E-state index in [0.717, 1.165) is 37.6 Å². The molecule has 0 bridgehead atoms. The molecule has 0 aliphatic carbocycles. The number of hydrogen-bond acceptors (Lipinski definition) is 5. The SMILES string of the molecule is C[C@@H](NC(=O)Cn1c(=O)oc2ccc(Cl)cc21)c1ccc(N2CCOCC2)cc1. The zero-order valence-electron chi connectivity index (χ0n) is 16.1. The van der Waals surface area contributed by atoms with Crippen LogP contribution in [-0.4, -0.2) is 36.8 Å². The zero-order valence-corrected chi connectivity index (χ0v) is 16.8. The average Bonchev–Trinajstić information content (AvgIpc) is 3.03. The molecule has 1 atom stereocenters. The molecule has 1 aliphatic rings. The van der Waals surface area contributed by atoms with E-state index in [2.05, 4.69) is 22.3 Å². The Bertz CT molecular complexity index is 1070. The van der Waals surface area contributed by atoms with Crippen molar-refractivity contribution in [2.45, 2.75) is 19.5 Å². The molecule has 1 saturated heterocycles. The van der Waals surface area contributed by atoms with Crippen molar-refractivity contribution in [3.63, 3.8) is 0 Å². The Kier molecular flexibility index (Phi) is 5.60. The Hall–Kier alpha value is -2.77. The van der Waals surface area contributed by atoms with Crippen LogP contribution < -0.4 is 16.0 Å². The number of benzene rings is 2. The van der Waals surface area contributed by atoms with E-state index in [4.69, 9.17) is 20.8 Å². The highest BCUT2D eigenvalue weighted by atomic mass is 35.5. The lowest BCUT2D eigenvalue weighted by Gasteiger charge is -2.29. The quantitative estimate of drug-likeness (QED) is 0.693. The molecule has 0 unspecified atom stereocenters. The smallest absolute Gasteiger partial charge is 0.408 e. The normalized spacial score (nSPS) is 15.4. The van der Waals surface area contributed by atoms with Crippen LogP contribution in [0.2, 0.25) is 5.02 Å². The first-order valence-electron chi connectivity index (χ1n) is 9.52. The number of amides is 1. The average molecular weight is 416 g/mol. The fourth-order valence-corrected chi connectivity index (χ4v) is 3.66. The Morgan fingerprint density at radius 3 is 2.62 bits per heavy atom. The van der Waals surface area contributed by atoms with Crippen molar-refractivity contribution in [3.8, 4) is 0 Å². The van der Waals surface area contributed by atoms with Gasteiger partial charge in [0.05, 0.1) is 24.8 Å². The van der Waals surface area contributed by atoms with Gasteiger partial charge in [0, 0.05) is 23.8 Å². The van der Waals surface area contributed by atoms with Gasteiger partial charge in [0.1, 0.15) is 6.54 Å². The van der Waals surface area contributed by atoms with Crippen LogP contribution in [0.15, 0.2) is 51.7 Å². The Morgan fingerprint density at radius 2 is 1.90 bits per heavy atom. The van der Waals surface area contributed by atoms with Crippen LogP contribution in [0.25, 0.3) is 11.1 Å². The predicted octanol–water partition coefficient (Wildman–Crippen LogP) is 2.96. The highest BCUT2D eigenvalue weighted by Gasteiger charge is 2.16. The predicted molar refractivity (Wildman–Crippen MR) is 112 cm³/mol. The number of fused-ring (bicyclic) bond motifs is 1. The highest BCUT2D eigenvalue weighted by molar-refractivity contribution is 6.31. The molecule has 1 N–H and O–H groups in total. The number of carbonyl (C=O) groups excluding carboxylic acids is 1. The maximum Gasteiger partial charge on any atom is 0.420 e. The maximum atomic E-state index is 12.5. The van der Waals surface area contributed by atoms with Crippen molar-refractivity contribution in [2.24, 2.45) is 0 Å². The van der Waals surface area contributed by atoms with Crippen molar-refractivity contribution < 1.29 is 13.9 Å². The Balaban J connectivity index is 1.43. The van der Waals surface area contributed by atoms with E-state index in [1.807, 2.05) is 19.1 Å². The number of oxazole rings is 1. The highest BCUT2D eigenvalue weighted by Crippen LogP contribution is 2.21. The second-order valence-electron chi connectivity index (χ2n) is 7.05. The summed E-state index contributed by atoms with van der Waals surface area (Å²) in [4.78, 5) is 26.9. The molecule has 8 heteroatoms. The molecular formula is C21H22ClN3O4. The van der Waals surface area contributed by atoms with Gasteiger partial charge in [0.25, 0.3) is 0 Å². The summed E-state index contributed by atoms with van der Waals surface area (Å²) in [5.41, 5.74) is 3.03. The van der Waals surface area contributed by atoms with Gasteiger partial charge in [-0.2, -0.15) is 0 Å². The number of carbonyl (C=O) groups is 1. The van der Waals surface area contributed by atoms with Gasteiger partial charge in [0.2, 0.25) is 5.91 Å². The number of nitrogens with zero attached hydrogens (tertiary/aromatic N) is 2. The topological polar surface area (TPSA) is 76.7 Å². The summed E-state index contributed by atoms with van der Waals surface area (Å²) in [5, 5.41) is 3.41. The molecule has 2 aromatic carbocycles. The number of rotatable bonds is 5. The van der Waals surface area contributed by atoms with E-state index in [9.17, 15) is 9.59 Å². The fourth-order valence-electron chi connectivity index (χ4n) is 3.49. The summed E-state index contributed by atoms with van der Waals surface area (Å²) >= 11 is 6.00. The maximum absolute atomic E-state index is 12.5. The second-order valence-corrected chi connectivity index (χ2v) is 7.48. The molecule has 4 rings (SSSR count). The molecule has 0 spiro atoms. The van der Waals surface area contributed by atoms with Crippen LogP contribution in [0.1, 0.15) is 18.5 Å². The molecule has 1 aliphatic heterocycles. The summed E-state index contributed by atoms with van der Waals surface area (Å²) in [5.74, 6) is -0.862. The first-order valence-corrected chi connectivity index (χ1v) is 9.90. The van der Waals surface area contributed by atoms with Gasteiger partial charge in [-0.3, -0.25) is 9.36 Å². The summed E-state index contributed by atoms with van der Waals surface area (Å²) in [6, 6.07) is 12.8. The zero-order chi connectivity index (χ0) is 20.4. The van der Waals surface area contributed by atoms with Crippen LogP contribution in [0.4, 0.5) is 5.69 Å². The lowest BCUT2D eigenvalue weighted by atomic mass is 10.1. The first kappa shape index (κ1) is 19.5. The molecule has 3 aromatic rings. The number of ether oxygens (including phenoxy) is 1. The van der Waals surface area contributed by atoms with Crippen LogP contribution in [0.5, 0.6) is 0 Å². The third-order valence-electron chi connectivity index (χ3n) is 5.08. The molecule has 1 amide bonds. The van der Waals surface area contributed by atoms with Crippen molar-refractivity contribution >= 4 is 34.3 Å². The Morgan fingerprint density at radius 1 is 1.17 bits per heavy atom. The van der Waals surface area contributed by atoms with Gasteiger partial charge in [-0.1, -0.05) is 23.7 Å². The lowest BCUT2D eigenvalue weighted by Crippen LogP contribution is -2.36. The summed E-state index contributed by atoms with van der Waals surface area (Å²) in [7, 11) is 0. The molecule has 29 heavy (non-hydrogen) atoms. The standard InChI is InChI=1S/C21H22ClN3O4/c1-14(15-2-5-17(6-3-15)24-8-10-28-11-9-24)23-20(26)13-25-18-12-16(22)4-7-19(18)29-21(25)27/h2-7,12,14H,8-11,13H2,1H3,(H,23,26)/t14-/m1/s1. The van der Waals surface area contributed by atoms with Crippen LogP contribution >= 0.6 is 11.6 Å². The van der Waals surface area contributed by atoms with Crippen molar-refractivity contribution in [2.75, 3.05) is 31.2 Å². The van der Waals surface area contributed by atoms with E-state index in [1.54, 1.807) is 18.2 Å². The number of halogens is 1. The third-order valence-corrected chi connectivity index (χ3v) is 5.31. The molecule has 0 saturated carbocycles. The molecule has 152 valence electrons. The van der Waals surface area contributed by atoms with E-state index < -0.39 is 5.76 Å². The lowest BCUT2D eigenvalue weighted by molar-refractivity contribution is -0.122.